The van der Waals surface area contributed by atoms with E-state index in [0.717, 1.165) is 63.2 Å². The molecule has 2 aliphatic heterocycles. The molecule has 2 aliphatic rings. The van der Waals surface area contributed by atoms with Gasteiger partial charge in [-0.25, -0.2) is 4.98 Å². The lowest BCUT2D eigenvalue weighted by Gasteiger charge is -2.24. The normalized spacial score (nSPS) is 17.5. The molecule has 7 rings (SSSR count). The zero-order chi connectivity index (χ0) is 34.9. The Hall–Kier alpha value is -4.90. The van der Waals surface area contributed by atoms with Gasteiger partial charge in [-0.2, -0.15) is 0 Å². The summed E-state index contributed by atoms with van der Waals surface area (Å²) in [6.07, 6.45) is 6.17. The van der Waals surface area contributed by atoms with Crippen molar-refractivity contribution in [1.29, 1.82) is 0 Å². The summed E-state index contributed by atoms with van der Waals surface area (Å²) >= 11 is 7.15. The average molecular weight is 690 g/mol. The molecule has 5 aromatic rings. The number of carbonyl (C=O) groups is 2. The van der Waals surface area contributed by atoms with Gasteiger partial charge in [0.2, 0.25) is 11.8 Å². The third kappa shape index (κ3) is 6.79. The van der Waals surface area contributed by atoms with Crippen LogP contribution >= 0.6 is 11.6 Å². The van der Waals surface area contributed by atoms with Crippen LogP contribution in [-0.2, 0) is 22.7 Å². The molecular formula is C39H40ClN7O3. The largest absolute Gasteiger partial charge is 0.352 e. The van der Waals surface area contributed by atoms with E-state index in [2.05, 4.69) is 51.0 Å². The molecule has 5 heterocycles. The maximum absolute atomic E-state index is 13.3. The summed E-state index contributed by atoms with van der Waals surface area (Å²) in [7, 11) is 2.02. The van der Waals surface area contributed by atoms with Gasteiger partial charge in [-0.15, -0.1) is 0 Å². The molecule has 0 unspecified atom stereocenters. The van der Waals surface area contributed by atoms with E-state index in [-0.39, 0.29) is 29.6 Å². The first-order chi connectivity index (χ1) is 24.2. The number of benzene rings is 2. The molecule has 0 bridgehead atoms. The molecule has 256 valence electrons. The second-order valence-corrected chi connectivity index (χ2v) is 13.7. The number of halogens is 1. The highest BCUT2D eigenvalue weighted by Crippen LogP contribution is 2.39. The van der Waals surface area contributed by atoms with Gasteiger partial charge in [0, 0.05) is 73.3 Å². The van der Waals surface area contributed by atoms with Crippen molar-refractivity contribution in [1.82, 2.24) is 35.2 Å². The molecule has 10 nitrogen and oxygen atoms in total. The molecule has 2 atom stereocenters. The maximum Gasteiger partial charge on any atom is 0.262 e. The molecule has 2 amide bonds. The van der Waals surface area contributed by atoms with Gasteiger partial charge in [0.15, 0.2) is 0 Å². The number of nitrogens with one attached hydrogen (secondary N) is 3. The Labute approximate surface area is 295 Å². The maximum atomic E-state index is 13.3. The molecule has 0 saturated carbocycles. The zero-order valence-electron chi connectivity index (χ0n) is 28.4. The topological polar surface area (TPSA) is 121 Å². The SMILES string of the molecule is Cc1nc(-c2cccc(-c3cccc(-c4ccn5c(=O)c(CNC[C@@H]6CCC(=O)N6)cnc5c4)c3C)c2Cl)ccc1CN(C)[C@H]1CCC(=O)N1. The highest BCUT2D eigenvalue weighted by molar-refractivity contribution is 6.36. The minimum atomic E-state index is -0.121. The van der Waals surface area contributed by atoms with Crippen LogP contribution in [0.1, 0.15) is 48.1 Å². The first kappa shape index (κ1) is 33.6. The predicted molar refractivity (Wildman–Crippen MR) is 196 cm³/mol. The average Bonchev–Trinajstić information content (AvgIpc) is 3.74. The molecule has 3 aromatic heterocycles. The fourth-order valence-electron chi connectivity index (χ4n) is 7.01. The van der Waals surface area contributed by atoms with Crippen molar-refractivity contribution in [2.24, 2.45) is 0 Å². The second-order valence-electron chi connectivity index (χ2n) is 13.3. The second kappa shape index (κ2) is 14.1. The van der Waals surface area contributed by atoms with Crippen molar-refractivity contribution in [3.63, 3.8) is 0 Å². The van der Waals surface area contributed by atoms with Crippen LogP contribution in [0.5, 0.6) is 0 Å². The predicted octanol–water partition coefficient (Wildman–Crippen LogP) is 5.40. The van der Waals surface area contributed by atoms with Crippen molar-refractivity contribution in [3.05, 3.63) is 111 Å². The number of carbonyl (C=O) groups excluding carboxylic acids is 2. The number of nitrogens with zero attached hydrogens (tertiary/aromatic N) is 4. The molecule has 50 heavy (non-hydrogen) atoms. The summed E-state index contributed by atoms with van der Waals surface area (Å²) in [6.45, 7) is 5.76. The number of hydrogen-bond donors (Lipinski definition) is 3. The number of pyridine rings is 2. The Balaban J connectivity index is 1.12. The molecule has 3 N–H and O–H groups in total. The summed E-state index contributed by atoms with van der Waals surface area (Å²) in [4.78, 5) is 48.2. The standard InChI is InChI=1S/C39H40ClN7O3/c1-23-29(25-16-17-47-35(18-25)42-20-27(39(47)50)19-41-21-28-11-14-36(48)44-28)6-4-7-30(23)31-8-5-9-32(38(31)40)33-12-10-26(24(2)43-33)22-46(3)34-13-15-37(49)45-34/h4-10,12,16-18,20,28,34,41H,11,13-15,19,21-22H2,1-3H3,(H,44,48)(H,45,49)/t28-,34-/m0/s1. The summed E-state index contributed by atoms with van der Waals surface area (Å²) in [6, 6.07) is 20.3. The lowest BCUT2D eigenvalue weighted by Crippen LogP contribution is -2.40. The number of fused-ring (bicyclic) bond motifs is 1. The third-order valence-electron chi connectivity index (χ3n) is 9.90. The molecular weight excluding hydrogens is 650 g/mol. The van der Waals surface area contributed by atoms with Crippen molar-refractivity contribution in [2.45, 2.75) is 64.8 Å². The van der Waals surface area contributed by atoms with Crippen LogP contribution in [0.25, 0.3) is 39.2 Å². The molecule has 2 saturated heterocycles. The number of aromatic nitrogens is 3. The van der Waals surface area contributed by atoms with Crippen LogP contribution in [-0.4, -0.2) is 56.9 Å². The van der Waals surface area contributed by atoms with Crippen LogP contribution in [0.4, 0.5) is 0 Å². The molecule has 2 fully saturated rings. The summed E-state index contributed by atoms with van der Waals surface area (Å²) in [5.74, 6) is 0.171. The van der Waals surface area contributed by atoms with Crippen LogP contribution in [0.15, 0.2) is 77.9 Å². The number of aryl methyl sites for hydroxylation is 1. The van der Waals surface area contributed by atoms with Gasteiger partial charge in [-0.3, -0.25) is 28.7 Å². The Morgan fingerprint density at radius 2 is 1.64 bits per heavy atom. The van der Waals surface area contributed by atoms with Gasteiger partial charge in [-0.05, 0) is 79.8 Å². The third-order valence-corrected chi connectivity index (χ3v) is 10.3. The summed E-state index contributed by atoms with van der Waals surface area (Å²) < 4.78 is 1.57. The van der Waals surface area contributed by atoms with Crippen LogP contribution in [0.2, 0.25) is 5.02 Å². The van der Waals surface area contributed by atoms with Crippen molar-refractivity contribution < 1.29 is 9.59 Å². The van der Waals surface area contributed by atoms with Crippen molar-refractivity contribution in [3.8, 4) is 33.5 Å². The lowest BCUT2D eigenvalue weighted by atomic mass is 9.92. The van der Waals surface area contributed by atoms with Gasteiger partial charge in [0.1, 0.15) is 5.65 Å². The zero-order valence-corrected chi connectivity index (χ0v) is 29.2. The van der Waals surface area contributed by atoms with Crippen LogP contribution < -0.4 is 21.5 Å². The Morgan fingerprint density at radius 3 is 2.38 bits per heavy atom. The van der Waals surface area contributed by atoms with Crippen LogP contribution in [0.3, 0.4) is 0 Å². The van der Waals surface area contributed by atoms with E-state index >= 15 is 0 Å². The van der Waals surface area contributed by atoms with Gasteiger partial charge in [-0.1, -0.05) is 54.1 Å². The van der Waals surface area contributed by atoms with Gasteiger partial charge >= 0.3 is 0 Å². The van der Waals surface area contributed by atoms with E-state index in [1.165, 1.54) is 0 Å². The van der Waals surface area contributed by atoms with E-state index in [1.54, 1.807) is 16.8 Å². The van der Waals surface area contributed by atoms with E-state index in [1.807, 2.05) is 56.4 Å². The molecule has 0 aliphatic carbocycles. The lowest BCUT2D eigenvalue weighted by molar-refractivity contribution is -0.120. The molecule has 0 spiro atoms. The molecule has 11 heteroatoms. The van der Waals surface area contributed by atoms with Crippen molar-refractivity contribution >= 4 is 29.1 Å². The Kier molecular flexibility index (Phi) is 9.50. The summed E-state index contributed by atoms with van der Waals surface area (Å²) in [5, 5.41) is 9.87. The monoisotopic (exact) mass is 689 g/mol. The van der Waals surface area contributed by atoms with Gasteiger partial charge in [0.05, 0.1) is 16.9 Å². The van der Waals surface area contributed by atoms with Crippen LogP contribution in [0, 0.1) is 13.8 Å². The van der Waals surface area contributed by atoms with E-state index in [4.69, 9.17) is 16.6 Å². The van der Waals surface area contributed by atoms with E-state index in [0.29, 0.717) is 48.7 Å². The van der Waals surface area contributed by atoms with Gasteiger partial charge in [0.25, 0.3) is 5.56 Å². The highest BCUT2D eigenvalue weighted by Gasteiger charge is 2.25. The molecule has 0 radical (unpaired) electrons. The summed E-state index contributed by atoms with van der Waals surface area (Å²) in [5.41, 5.74) is 9.63. The van der Waals surface area contributed by atoms with Gasteiger partial charge < -0.3 is 16.0 Å². The minimum absolute atomic E-state index is 0.0420. The Morgan fingerprint density at radius 1 is 0.900 bits per heavy atom. The highest BCUT2D eigenvalue weighted by atomic mass is 35.5. The first-order valence-electron chi connectivity index (χ1n) is 17.0. The van der Waals surface area contributed by atoms with Crippen molar-refractivity contribution in [2.75, 3.05) is 13.6 Å². The smallest absolute Gasteiger partial charge is 0.262 e. The van der Waals surface area contributed by atoms with E-state index in [9.17, 15) is 14.4 Å². The Bertz CT molecular complexity index is 2180. The fraction of sp³-hybridized carbons (Fsp3) is 0.308. The first-order valence-corrected chi connectivity index (χ1v) is 17.4. The number of hydrogen-bond acceptors (Lipinski definition) is 7. The van der Waals surface area contributed by atoms with E-state index < -0.39 is 0 Å². The minimum Gasteiger partial charge on any atom is -0.352 e. The number of rotatable bonds is 10. The molecule has 2 aromatic carbocycles. The fourth-order valence-corrected chi connectivity index (χ4v) is 7.33. The quantitative estimate of drug-likeness (QED) is 0.180. The number of amides is 2.